The van der Waals surface area contributed by atoms with Crippen LogP contribution in [0, 0.1) is 5.92 Å². The Kier molecular flexibility index (Phi) is 2.00. The van der Waals surface area contributed by atoms with Crippen LogP contribution in [-0.2, 0) is 4.79 Å². The van der Waals surface area contributed by atoms with Crippen LogP contribution in [0.15, 0.2) is 0 Å². The number of nitrogens with one attached hydrogen (secondary N) is 2. The first-order chi connectivity index (χ1) is 3.93. The van der Waals surface area contributed by atoms with Crippen molar-refractivity contribution in [2.45, 2.75) is 6.42 Å². The topological polar surface area (TPSA) is 41.1 Å². The molecule has 0 aromatic carbocycles. The Bertz CT molecular complexity index is 78.5. The predicted molar refractivity (Wildman–Crippen MR) is 29.8 cm³/mol. The normalized spacial score (nSPS) is 29.8. The van der Waals surface area contributed by atoms with Gasteiger partial charge in [0, 0.05) is 19.0 Å². The van der Waals surface area contributed by atoms with Crippen molar-refractivity contribution in [1.29, 1.82) is 0 Å². The summed E-state index contributed by atoms with van der Waals surface area (Å²) in [4.78, 5) is 9.97. The minimum absolute atomic E-state index is 0.108. The highest BCUT2D eigenvalue weighted by atomic mass is 16.1. The first kappa shape index (κ1) is 5.72. The second-order valence-corrected chi connectivity index (χ2v) is 1.91. The van der Waals surface area contributed by atoms with Gasteiger partial charge in [0.2, 0.25) is 6.29 Å². The Morgan fingerprint density at radius 1 is 1.50 bits per heavy atom. The molecule has 8 heavy (non-hydrogen) atoms. The van der Waals surface area contributed by atoms with Crippen molar-refractivity contribution in [2.75, 3.05) is 13.1 Å². The van der Waals surface area contributed by atoms with Crippen LogP contribution in [0.5, 0.6) is 0 Å². The highest BCUT2D eigenvalue weighted by Gasteiger charge is 2.10. The van der Waals surface area contributed by atoms with E-state index in [2.05, 4.69) is 10.9 Å². The van der Waals surface area contributed by atoms with Gasteiger partial charge in [-0.25, -0.2) is 0 Å². The minimum Gasteiger partial charge on any atom is -0.291 e. The van der Waals surface area contributed by atoms with E-state index in [9.17, 15) is 4.79 Å². The SMILES string of the molecule is O=[C]C1CCNNC1. The Hall–Kier alpha value is -0.410. The van der Waals surface area contributed by atoms with Crippen LogP contribution in [0.3, 0.4) is 0 Å². The Morgan fingerprint density at radius 2 is 2.38 bits per heavy atom. The summed E-state index contributed by atoms with van der Waals surface area (Å²) in [6, 6.07) is 0. The Labute approximate surface area is 48.4 Å². The summed E-state index contributed by atoms with van der Waals surface area (Å²) in [5.74, 6) is 0.108. The quantitative estimate of drug-likeness (QED) is 0.468. The fourth-order valence-electron chi connectivity index (χ4n) is 0.733. The van der Waals surface area contributed by atoms with Crippen molar-refractivity contribution in [2.24, 2.45) is 5.92 Å². The van der Waals surface area contributed by atoms with Crippen molar-refractivity contribution in [1.82, 2.24) is 10.9 Å². The lowest BCUT2D eigenvalue weighted by Gasteiger charge is -2.17. The zero-order valence-corrected chi connectivity index (χ0v) is 4.61. The molecule has 0 aromatic rings. The minimum atomic E-state index is 0.108. The first-order valence-electron chi connectivity index (χ1n) is 2.77. The summed E-state index contributed by atoms with van der Waals surface area (Å²) in [6.07, 6.45) is 2.86. The van der Waals surface area contributed by atoms with Gasteiger partial charge >= 0.3 is 0 Å². The van der Waals surface area contributed by atoms with Crippen LogP contribution in [0.1, 0.15) is 6.42 Å². The monoisotopic (exact) mass is 113 g/mol. The number of rotatable bonds is 1. The van der Waals surface area contributed by atoms with Crippen LogP contribution in [-0.4, -0.2) is 19.4 Å². The molecule has 1 aliphatic heterocycles. The van der Waals surface area contributed by atoms with Crippen molar-refractivity contribution in [3.05, 3.63) is 0 Å². The van der Waals surface area contributed by atoms with E-state index in [-0.39, 0.29) is 5.92 Å². The van der Waals surface area contributed by atoms with Crippen molar-refractivity contribution < 1.29 is 4.79 Å². The lowest BCUT2D eigenvalue weighted by atomic mass is 10.1. The van der Waals surface area contributed by atoms with Gasteiger partial charge < -0.3 is 0 Å². The second kappa shape index (κ2) is 2.79. The van der Waals surface area contributed by atoms with Crippen LogP contribution >= 0.6 is 0 Å². The van der Waals surface area contributed by atoms with Crippen LogP contribution in [0.2, 0.25) is 0 Å². The molecule has 1 radical (unpaired) electrons. The highest BCUT2D eigenvalue weighted by molar-refractivity contribution is 5.54. The molecule has 1 fully saturated rings. The summed E-state index contributed by atoms with van der Waals surface area (Å²) in [6.45, 7) is 1.60. The third kappa shape index (κ3) is 1.28. The van der Waals surface area contributed by atoms with Gasteiger partial charge in [0.1, 0.15) is 0 Å². The van der Waals surface area contributed by atoms with Gasteiger partial charge in [-0.15, -0.1) is 0 Å². The summed E-state index contributed by atoms with van der Waals surface area (Å²) in [7, 11) is 0. The zero-order chi connectivity index (χ0) is 5.82. The summed E-state index contributed by atoms with van der Waals surface area (Å²) >= 11 is 0. The fourth-order valence-corrected chi connectivity index (χ4v) is 0.733. The van der Waals surface area contributed by atoms with Gasteiger partial charge in [-0.05, 0) is 6.42 Å². The van der Waals surface area contributed by atoms with Crippen molar-refractivity contribution >= 4 is 6.29 Å². The number of hydrazine groups is 1. The molecule has 1 unspecified atom stereocenters. The molecule has 0 saturated carbocycles. The Morgan fingerprint density at radius 3 is 2.75 bits per heavy atom. The third-order valence-corrected chi connectivity index (χ3v) is 1.26. The molecule has 1 saturated heterocycles. The van der Waals surface area contributed by atoms with E-state index in [4.69, 9.17) is 0 Å². The maximum atomic E-state index is 9.97. The van der Waals surface area contributed by atoms with E-state index in [0.717, 1.165) is 19.5 Å². The van der Waals surface area contributed by atoms with E-state index in [1.54, 1.807) is 0 Å². The van der Waals surface area contributed by atoms with Gasteiger partial charge in [0.25, 0.3) is 0 Å². The third-order valence-electron chi connectivity index (χ3n) is 1.26. The van der Waals surface area contributed by atoms with E-state index in [1.807, 2.05) is 6.29 Å². The fraction of sp³-hybridized carbons (Fsp3) is 0.800. The van der Waals surface area contributed by atoms with Crippen LogP contribution in [0.4, 0.5) is 0 Å². The summed E-state index contributed by atoms with van der Waals surface area (Å²) < 4.78 is 0. The predicted octanol–water partition coefficient (Wildman–Crippen LogP) is -0.790. The molecular formula is C5H9N2O. The van der Waals surface area contributed by atoms with Gasteiger partial charge in [-0.3, -0.25) is 15.6 Å². The molecule has 1 heterocycles. The van der Waals surface area contributed by atoms with Gasteiger partial charge in [-0.2, -0.15) is 0 Å². The standard InChI is InChI=1S/C5H9N2O/c8-4-5-1-2-6-7-3-5/h5-7H,1-3H2. The highest BCUT2D eigenvalue weighted by Crippen LogP contribution is 1.97. The molecule has 3 heteroatoms. The molecule has 1 aliphatic rings. The molecule has 1 atom stereocenters. The lowest BCUT2D eigenvalue weighted by molar-refractivity contribution is 0.382. The molecular weight excluding hydrogens is 104 g/mol. The van der Waals surface area contributed by atoms with E-state index in [1.165, 1.54) is 0 Å². The number of hydrogen-bond donors (Lipinski definition) is 2. The summed E-state index contributed by atoms with van der Waals surface area (Å²) in [5.41, 5.74) is 5.79. The maximum absolute atomic E-state index is 9.97. The molecule has 0 aliphatic carbocycles. The molecule has 0 bridgehead atoms. The van der Waals surface area contributed by atoms with E-state index in [0.29, 0.717) is 0 Å². The van der Waals surface area contributed by atoms with E-state index < -0.39 is 0 Å². The molecule has 0 amide bonds. The first-order valence-corrected chi connectivity index (χ1v) is 2.77. The molecule has 45 valence electrons. The van der Waals surface area contributed by atoms with Gasteiger partial charge in [0.05, 0.1) is 0 Å². The maximum Gasteiger partial charge on any atom is 0.203 e. The largest absolute Gasteiger partial charge is 0.291 e. The van der Waals surface area contributed by atoms with Crippen LogP contribution < -0.4 is 10.9 Å². The Balaban J connectivity index is 2.22. The summed E-state index contributed by atoms with van der Waals surface area (Å²) in [5, 5.41) is 0. The van der Waals surface area contributed by atoms with Crippen LogP contribution in [0.25, 0.3) is 0 Å². The average molecular weight is 113 g/mol. The van der Waals surface area contributed by atoms with E-state index >= 15 is 0 Å². The molecule has 1 rings (SSSR count). The van der Waals surface area contributed by atoms with Crippen molar-refractivity contribution in [3.63, 3.8) is 0 Å². The molecule has 2 N–H and O–H groups in total. The molecule has 0 aromatic heterocycles. The van der Waals surface area contributed by atoms with Gasteiger partial charge in [0.15, 0.2) is 0 Å². The van der Waals surface area contributed by atoms with Crippen molar-refractivity contribution in [3.8, 4) is 0 Å². The lowest BCUT2D eigenvalue weighted by Crippen LogP contribution is -2.43. The van der Waals surface area contributed by atoms with Gasteiger partial charge in [-0.1, -0.05) is 0 Å². The second-order valence-electron chi connectivity index (χ2n) is 1.91. The average Bonchev–Trinajstić information content (AvgIpc) is 1.90. The molecule has 0 spiro atoms. The number of carbonyl (C=O) groups excluding carboxylic acids is 1. The molecule has 3 nitrogen and oxygen atoms in total. The zero-order valence-electron chi connectivity index (χ0n) is 4.61. The smallest absolute Gasteiger partial charge is 0.203 e. The number of hydrogen-bond acceptors (Lipinski definition) is 3.